The molecule has 0 radical (unpaired) electrons. The molecule has 5 nitrogen and oxygen atoms in total. The molecule has 0 spiro atoms. The number of carbonyl (C=O) groups excluding carboxylic acids is 2. The van der Waals surface area contributed by atoms with Crippen LogP contribution in [0.25, 0.3) is 11.1 Å². The third kappa shape index (κ3) is 2.92. The second-order valence-electron chi connectivity index (χ2n) is 5.76. The number of oxazole rings is 1. The van der Waals surface area contributed by atoms with Crippen molar-refractivity contribution in [3.05, 3.63) is 53.1 Å². The molecule has 2 aromatic carbocycles. The molecule has 0 saturated carbocycles. The number of anilines is 1. The maximum Gasteiger partial charge on any atom is 0.257 e. The van der Waals surface area contributed by atoms with Crippen LogP contribution < -0.4 is 4.90 Å². The highest BCUT2D eigenvalue weighted by atomic mass is 35.5. The molecule has 1 aromatic heterocycles. The zero-order valence-electron chi connectivity index (χ0n) is 13.2. The van der Waals surface area contributed by atoms with Crippen molar-refractivity contribution in [2.24, 2.45) is 0 Å². The first-order valence-corrected chi connectivity index (χ1v) is 8.94. The number of nitrogens with zero attached hydrogens (tertiary/aromatic N) is 2. The lowest BCUT2D eigenvalue weighted by molar-refractivity contribution is -0.121. The highest BCUT2D eigenvalue weighted by Crippen LogP contribution is 2.35. The van der Waals surface area contributed by atoms with Crippen molar-refractivity contribution >= 4 is 52.0 Å². The zero-order valence-corrected chi connectivity index (χ0v) is 14.8. The second-order valence-corrected chi connectivity index (χ2v) is 7.32. The molecule has 1 aliphatic heterocycles. The van der Waals surface area contributed by atoms with E-state index in [0.29, 0.717) is 21.5 Å². The predicted molar refractivity (Wildman–Crippen MR) is 97.0 cm³/mol. The van der Waals surface area contributed by atoms with E-state index in [2.05, 4.69) is 4.98 Å². The van der Waals surface area contributed by atoms with Crippen LogP contribution in [0.15, 0.2) is 52.1 Å². The number of rotatable bonds is 3. The van der Waals surface area contributed by atoms with Gasteiger partial charge in [0.05, 0.1) is 5.69 Å². The Kier molecular flexibility index (Phi) is 4.01. The number of imide groups is 1. The zero-order chi connectivity index (χ0) is 17.6. The third-order valence-corrected chi connectivity index (χ3v) is 5.47. The Balaban J connectivity index is 1.59. The average Bonchev–Trinajstić information content (AvgIpc) is 3.11. The summed E-state index contributed by atoms with van der Waals surface area (Å²) in [5, 5.41) is 0.352. The number of thioether (sulfide) groups is 1. The first kappa shape index (κ1) is 16.2. The van der Waals surface area contributed by atoms with Gasteiger partial charge in [0.2, 0.25) is 11.8 Å². The van der Waals surface area contributed by atoms with Gasteiger partial charge < -0.3 is 4.42 Å². The first-order valence-electron chi connectivity index (χ1n) is 7.68. The van der Waals surface area contributed by atoms with Crippen LogP contribution in [0.1, 0.15) is 12.0 Å². The molecule has 1 fully saturated rings. The van der Waals surface area contributed by atoms with Gasteiger partial charge in [0, 0.05) is 11.4 Å². The fourth-order valence-electron chi connectivity index (χ4n) is 2.71. The smallest absolute Gasteiger partial charge is 0.257 e. The van der Waals surface area contributed by atoms with Crippen LogP contribution in [0.2, 0.25) is 5.02 Å². The van der Waals surface area contributed by atoms with Crippen LogP contribution in [-0.2, 0) is 9.59 Å². The number of benzene rings is 2. The maximum absolute atomic E-state index is 12.7. The first-order chi connectivity index (χ1) is 12.0. The summed E-state index contributed by atoms with van der Waals surface area (Å²) in [7, 11) is 0. The number of amides is 2. The molecule has 1 aliphatic rings. The number of carbonyl (C=O) groups is 2. The largest absolute Gasteiger partial charge is 0.431 e. The maximum atomic E-state index is 12.7. The van der Waals surface area contributed by atoms with Gasteiger partial charge in [-0.05, 0) is 36.8 Å². The molecule has 2 amide bonds. The number of para-hydroxylation sites is 2. The summed E-state index contributed by atoms with van der Waals surface area (Å²) in [6.45, 7) is 1.87. The minimum Gasteiger partial charge on any atom is -0.431 e. The molecule has 0 aliphatic carbocycles. The topological polar surface area (TPSA) is 63.4 Å². The summed E-state index contributed by atoms with van der Waals surface area (Å²) in [5.74, 6) is -0.532. The second kappa shape index (κ2) is 6.20. The van der Waals surface area contributed by atoms with E-state index in [4.69, 9.17) is 16.0 Å². The summed E-state index contributed by atoms with van der Waals surface area (Å²) in [6.07, 6.45) is 0.105. The highest BCUT2D eigenvalue weighted by Gasteiger charge is 2.41. The summed E-state index contributed by atoms with van der Waals surface area (Å²) in [4.78, 5) is 30.6. The number of aromatic nitrogens is 1. The van der Waals surface area contributed by atoms with Gasteiger partial charge in [-0.2, -0.15) is 0 Å². The van der Waals surface area contributed by atoms with Crippen molar-refractivity contribution in [2.45, 2.75) is 23.8 Å². The van der Waals surface area contributed by atoms with Crippen LogP contribution >= 0.6 is 23.4 Å². The van der Waals surface area contributed by atoms with Gasteiger partial charge in [-0.15, -0.1) is 0 Å². The molecule has 3 aromatic rings. The van der Waals surface area contributed by atoms with Gasteiger partial charge in [0.25, 0.3) is 5.22 Å². The number of hydrogen-bond donors (Lipinski definition) is 0. The SMILES string of the molecule is Cc1ccc(N2C(=O)C[C@H](Sc3nc4ccccc4o3)C2=O)cc1Cl. The van der Waals surface area contributed by atoms with E-state index in [1.165, 1.54) is 16.7 Å². The normalized spacial score (nSPS) is 17.7. The molecule has 7 heteroatoms. The van der Waals surface area contributed by atoms with Crippen molar-refractivity contribution in [2.75, 3.05) is 4.90 Å². The summed E-state index contributed by atoms with van der Waals surface area (Å²) in [5.41, 5.74) is 2.76. The number of halogens is 1. The standard InChI is InChI=1S/C18H13ClN2O3S/c1-10-6-7-11(8-12(10)19)21-16(22)9-15(17(21)23)25-18-20-13-4-2-3-5-14(13)24-18/h2-8,15H,9H2,1H3/t15-/m0/s1. The molecule has 126 valence electrons. The molecule has 1 saturated heterocycles. The van der Waals surface area contributed by atoms with E-state index < -0.39 is 5.25 Å². The van der Waals surface area contributed by atoms with Gasteiger partial charge in [-0.1, -0.05) is 41.6 Å². The summed E-state index contributed by atoms with van der Waals surface area (Å²) < 4.78 is 5.64. The summed E-state index contributed by atoms with van der Waals surface area (Å²) >= 11 is 7.29. The Hall–Kier alpha value is -2.31. The van der Waals surface area contributed by atoms with E-state index in [0.717, 1.165) is 11.1 Å². The van der Waals surface area contributed by atoms with Crippen molar-refractivity contribution in [1.29, 1.82) is 0 Å². The number of aryl methyl sites for hydroxylation is 1. The molecule has 0 bridgehead atoms. The van der Waals surface area contributed by atoms with Crippen molar-refractivity contribution in [3.63, 3.8) is 0 Å². The average molecular weight is 373 g/mol. The lowest BCUT2D eigenvalue weighted by Gasteiger charge is -2.15. The molecule has 1 atom stereocenters. The predicted octanol–water partition coefficient (Wildman–Crippen LogP) is 4.21. The van der Waals surface area contributed by atoms with Gasteiger partial charge in [0.15, 0.2) is 5.58 Å². The summed E-state index contributed by atoms with van der Waals surface area (Å²) in [6, 6.07) is 12.5. The molecule has 0 N–H and O–H groups in total. The van der Waals surface area contributed by atoms with E-state index in [1.54, 1.807) is 18.2 Å². The minimum absolute atomic E-state index is 0.105. The van der Waals surface area contributed by atoms with Gasteiger partial charge in [0.1, 0.15) is 10.8 Å². The monoisotopic (exact) mass is 372 g/mol. The van der Waals surface area contributed by atoms with Crippen LogP contribution in [0.5, 0.6) is 0 Å². The van der Waals surface area contributed by atoms with Crippen LogP contribution in [-0.4, -0.2) is 22.0 Å². The Morgan fingerprint density at radius 3 is 2.80 bits per heavy atom. The van der Waals surface area contributed by atoms with E-state index >= 15 is 0 Å². The lowest BCUT2D eigenvalue weighted by Crippen LogP contribution is -2.31. The molecular weight excluding hydrogens is 360 g/mol. The van der Waals surface area contributed by atoms with Crippen LogP contribution in [0.3, 0.4) is 0 Å². The molecular formula is C18H13ClN2O3S. The van der Waals surface area contributed by atoms with Gasteiger partial charge >= 0.3 is 0 Å². The highest BCUT2D eigenvalue weighted by molar-refractivity contribution is 8.00. The van der Waals surface area contributed by atoms with Gasteiger partial charge in [-0.25, -0.2) is 9.88 Å². The van der Waals surface area contributed by atoms with Crippen molar-refractivity contribution < 1.29 is 14.0 Å². The quantitative estimate of drug-likeness (QED) is 0.644. The van der Waals surface area contributed by atoms with E-state index in [9.17, 15) is 9.59 Å². The van der Waals surface area contributed by atoms with Crippen molar-refractivity contribution in [3.8, 4) is 0 Å². The third-order valence-electron chi connectivity index (χ3n) is 4.04. The number of hydrogen-bond acceptors (Lipinski definition) is 5. The molecule has 0 unspecified atom stereocenters. The van der Waals surface area contributed by atoms with Crippen LogP contribution in [0.4, 0.5) is 5.69 Å². The number of fused-ring (bicyclic) bond motifs is 1. The fraction of sp³-hybridized carbons (Fsp3) is 0.167. The lowest BCUT2D eigenvalue weighted by atomic mass is 10.2. The van der Waals surface area contributed by atoms with Crippen molar-refractivity contribution in [1.82, 2.24) is 4.98 Å². The Morgan fingerprint density at radius 1 is 1.24 bits per heavy atom. The van der Waals surface area contributed by atoms with E-state index in [-0.39, 0.29) is 18.2 Å². The minimum atomic E-state index is -0.555. The Labute approximate surface area is 153 Å². The molecule has 2 heterocycles. The molecule has 25 heavy (non-hydrogen) atoms. The Morgan fingerprint density at radius 2 is 2.04 bits per heavy atom. The Bertz CT molecular complexity index is 968. The fourth-order valence-corrected chi connectivity index (χ4v) is 3.85. The van der Waals surface area contributed by atoms with E-state index in [1.807, 2.05) is 31.2 Å². The van der Waals surface area contributed by atoms with Crippen LogP contribution in [0, 0.1) is 6.92 Å². The molecule has 4 rings (SSSR count). The van der Waals surface area contributed by atoms with Gasteiger partial charge in [-0.3, -0.25) is 9.59 Å².